The van der Waals surface area contributed by atoms with E-state index in [1.54, 1.807) is 18.2 Å². The van der Waals surface area contributed by atoms with Crippen molar-refractivity contribution in [2.24, 2.45) is 5.92 Å². The van der Waals surface area contributed by atoms with E-state index in [0.717, 1.165) is 31.8 Å². The number of likely N-dealkylation sites (tertiary alicyclic amines) is 1. The van der Waals surface area contributed by atoms with Crippen LogP contribution in [0, 0.1) is 5.92 Å². The first-order valence-corrected chi connectivity index (χ1v) is 7.12. The van der Waals surface area contributed by atoms with Crippen molar-refractivity contribution in [3.63, 3.8) is 0 Å². The highest BCUT2D eigenvalue weighted by atomic mass is 35.5. The Morgan fingerprint density at radius 1 is 1.33 bits per heavy atom. The number of piperidine rings is 1. The largest absolute Gasteiger partial charge is 0.339 e. The zero-order chi connectivity index (χ0) is 13.1. The molecule has 0 atom stereocenters. The van der Waals surface area contributed by atoms with Gasteiger partial charge in [0, 0.05) is 13.1 Å². The van der Waals surface area contributed by atoms with Gasteiger partial charge in [0.05, 0.1) is 15.6 Å². The Morgan fingerprint density at radius 2 is 2.00 bits per heavy atom. The average Bonchev–Trinajstić information content (AvgIpc) is 2.41. The highest BCUT2D eigenvalue weighted by molar-refractivity contribution is 6.43. The first kappa shape index (κ1) is 13.7. The Morgan fingerprint density at radius 3 is 2.61 bits per heavy atom. The number of carbonyl (C=O) groups is 1. The van der Waals surface area contributed by atoms with Crippen molar-refractivity contribution >= 4 is 29.1 Å². The fraction of sp³-hybridized carbons (Fsp3) is 0.500. The molecule has 0 spiro atoms. The normalized spacial score (nSPS) is 16.9. The van der Waals surface area contributed by atoms with E-state index < -0.39 is 0 Å². The van der Waals surface area contributed by atoms with Crippen LogP contribution < -0.4 is 0 Å². The van der Waals surface area contributed by atoms with E-state index in [2.05, 4.69) is 6.92 Å². The summed E-state index contributed by atoms with van der Waals surface area (Å²) < 4.78 is 0. The van der Waals surface area contributed by atoms with Crippen molar-refractivity contribution < 1.29 is 4.79 Å². The molecule has 2 rings (SSSR count). The number of carbonyl (C=O) groups excluding carboxylic acids is 1. The Kier molecular flexibility index (Phi) is 4.52. The molecule has 0 unspecified atom stereocenters. The third kappa shape index (κ3) is 2.81. The molecule has 0 radical (unpaired) electrons. The van der Waals surface area contributed by atoms with E-state index >= 15 is 0 Å². The van der Waals surface area contributed by atoms with Crippen LogP contribution in [0.2, 0.25) is 10.0 Å². The van der Waals surface area contributed by atoms with Gasteiger partial charge in [0.1, 0.15) is 0 Å². The van der Waals surface area contributed by atoms with Gasteiger partial charge in [0.15, 0.2) is 0 Å². The van der Waals surface area contributed by atoms with Gasteiger partial charge in [-0.05, 0) is 30.9 Å². The fourth-order valence-corrected chi connectivity index (χ4v) is 2.76. The maximum Gasteiger partial charge on any atom is 0.255 e. The lowest BCUT2D eigenvalue weighted by Gasteiger charge is -2.31. The maximum absolute atomic E-state index is 12.4. The Labute approximate surface area is 118 Å². The summed E-state index contributed by atoms with van der Waals surface area (Å²) >= 11 is 12.0. The molecule has 4 heteroatoms. The second kappa shape index (κ2) is 5.94. The zero-order valence-corrected chi connectivity index (χ0v) is 12.0. The molecule has 1 heterocycles. The molecule has 0 saturated carbocycles. The number of halogens is 2. The second-order valence-electron chi connectivity index (χ2n) is 4.75. The number of amides is 1. The van der Waals surface area contributed by atoms with Crippen LogP contribution >= 0.6 is 23.2 Å². The quantitative estimate of drug-likeness (QED) is 0.795. The first-order chi connectivity index (χ1) is 8.63. The molecule has 2 nitrogen and oxygen atoms in total. The summed E-state index contributed by atoms with van der Waals surface area (Å²) in [6, 6.07) is 5.20. The Balaban J connectivity index is 2.10. The van der Waals surface area contributed by atoms with Crippen LogP contribution in [0.25, 0.3) is 0 Å². The smallest absolute Gasteiger partial charge is 0.255 e. The van der Waals surface area contributed by atoms with Crippen LogP contribution in [0.5, 0.6) is 0 Å². The van der Waals surface area contributed by atoms with Crippen molar-refractivity contribution in [1.82, 2.24) is 4.90 Å². The molecule has 1 aromatic rings. The molecule has 0 aromatic heterocycles. The molecule has 0 aliphatic carbocycles. The van der Waals surface area contributed by atoms with E-state index in [4.69, 9.17) is 23.2 Å². The molecule has 1 amide bonds. The van der Waals surface area contributed by atoms with Gasteiger partial charge in [0.2, 0.25) is 0 Å². The topological polar surface area (TPSA) is 20.3 Å². The molecule has 98 valence electrons. The van der Waals surface area contributed by atoms with E-state index in [9.17, 15) is 4.79 Å². The van der Waals surface area contributed by atoms with Crippen LogP contribution in [-0.4, -0.2) is 23.9 Å². The first-order valence-electron chi connectivity index (χ1n) is 6.36. The Bertz CT molecular complexity index is 439. The number of benzene rings is 1. The van der Waals surface area contributed by atoms with Gasteiger partial charge in [-0.2, -0.15) is 0 Å². The van der Waals surface area contributed by atoms with Crippen molar-refractivity contribution in [1.29, 1.82) is 0 Å². The van der Waals surface area contributed by atoms with Crippen molar-refractivity contribution in [3.8, 4) is 0 Å². The number of hydrogen-bond acceptors (Lipinski definition) is 1. The molecule has 1 aliphatic heterocycles. The summed E-state index contributed by atoms with van der Waals surface area (Å²) in [5.74, 6) is 0.751. The number of nitrogens with zero attached hydrogens (tertiary/aromatic N) is 1. The van der Waals surface area contributed by atoms with E-state index in [1.807, 2.05) is 4.90 Å². The van der Waals surface area contributed by atoms with Crippen LogP contribution in [0.15, 0.2) is 18.2 Å². The average molecular weight is 286 g/mol. The predicted molar refractivity (Wildman–Crippen MR) is 75.4 cm³/mol. The van der Waals surface area contributed by atoms with Crippen LogP contribution in [0.1, 0.15) is 36.5 Å². The SMILES string of the molecule is CCC1CCN(C(=O)c2cccc(Cl)c2Cl)CC1. The van der Waals surface area contributed by atoms with Gasteiger partial charge in [-0.25, -0.2) is 0 Å². The van der Waals surface area contributed by atoms with Crippen LogP contribution in [0.4, 0.5) is 0 Å². The number of hydrogen-bond donors (Lipinski definition) is 0. The van der Waals surface area contributed by atoms with Crippen LogP contribution in [-0.2, 0) is 0 Å². The summed E-state index contributed by atoms with van der Waals surface area (Å²) in [4.78, 5) is 14.2. The van der Waals surface area contributed by atoms with Gasteiger partial charge < -0.3 is 4.90 Å². The lowest BCUT2D eigenvalue weighted by Crippen LogP contribution is -2.38. The highest BCUT2D eigenvalue weighted by Gasteiger charge is 2.24. The van der Waals surface area contributed by atoms with Crippen LogP contribution in [0.3, 0.4) is 0 Å². The van der Waals surface area contributed by atoms with Crippen molar-refractivity contribution in [2.75, 3.05) is 13.1 Å². The molecule has 0 bridgehead atoms. The molecule has 1 fully saturated rings. The summed E-state index contributed by atoms with van der Waals surface area (Å²) in [5.41, 5.74) is 0.513. The van der Waals surface area contributed by atoms with Gasteiger partial charge in [-0.3, -0.25) is 4.79 Å². The molecule has 0 N–H and O–H groups in total. The zero-order valence-electron chi connectivity index (χ0n) is 10.5. The molecule has 1 saturated heterocycles. The predicted octanol–water partition coefficient (Wildman–Crippen LogP) is 4.26. The summed E-state index contributed by atoms with van der Waals surface area (Å²) in [7, 11) is 0. The third-order valence-corrected chi connectivity index (χ3v) is 4.48. The van der Waals surface area contributed by atoms with E-state index in [0.29, 0.717) is 15.6 Å². The fourth-order valence-electron chi connectivity index (χ4n) is 2.38. The highest BCUT2D eigenvalue weighted by Crippen LogP contribution is 2.28. The molecule has 18 heavy (non-hydrogen) atoms. The minimum atomic E-state index is -0.00273. The van der Waals surface area contributed by atoms with Gasteiger partial charge in [-0.15, -0.1) is 0 Å². The maximum atomic E-state index is 12.4. The number of rotatable bonds is 2. The van der Waals surface area contributed by atoms with Crippen molar-refractivity contribution in [3.05, 3.63) is 33.8 Å². The summed E-state index contributed by atoms with van der Waals surface area (Å²) in [6.07, 6.45) is 3.36. The lowest BCUT2D eigenvalue weighted by atomic mass is 9.94. The standard InChI is InChI=1S/C14H17Cl2NO/c1-2-10-6-8-17(9-7-10)14(18)11-4-3-5-12(15)13(11)16/h3-5,10H,2,6-9H2,1H3. The summed E-state index contributed by atoms with van der Waals surface area (Å²) in [5, 5.41) is 0.799. The monoisotopic (exact) mass is 285 g/mol. The van der Waals surface area contributed by atoms with Gasteiger partial charge in [-0.1, -0.05) is 42.6 Å². The third-order valence-electron chi connectivity index (χ3n) is 3.66. The minimum Gasteiger partial charge on any atom is -0.339 e. The van der Waals surface area contributed by atoms with E-state index in [-0.39, 0.29) is 5.91 Å². The van der Waals surface area contributed by atoms with Gasteiger partial charge in [0.25, 0.3) is 5.91 Å². The lowest BCUT2D eigenvalue weighted by molar-refractivity contribution is 0.0689. The molecule has 1 aliphatic rings. The molecule has 1 aromatic carbocycles. The molecular weight excluding hydrogens is 269 g/mol. The second-order valence-corrected chi connectivity index (χ2v) is 5.53. The van der Waals surface area contributed by atoms with E-state index in [1.165, 1.54) is 6.42 Å². The minimum absolute atomic E-state index is 0.00273. The van der Waals surface area contributed by atoms with Crippen molar-refractivity contribution in [2.45, 2.75) is 26.2 Å². The van der Waals surface area contributed by atoms with Gasteiger partial charge >= 0.3 is 0 Å². The molecular formula is C14H17Cl2NO. The summed E-state index contributed by atoms with van der Waals surface area (Å²) in [6.45, 7) is 3.84. The Hall–Kier alpha value is -0.730.